The Balaban J connectivity index is 1.54. The van der Waals surface area contributed by atoms with Crippen LogP contribution in [0.1, 0.15) is 21.5 Å². The van der Waals surface area contributed by atoms with Crippen molar-refractivity contribution in [2.24, 2.45) is 0 Å². The number of benzene rings is 1. The van der Waals surface area contributed by atoms with E-state index in [4.69, 9.17) is 0 Å². The first kappa shape index (κ1) is 20.8. The molecule has 0 radical (unpaired) electrons. The Labute approximate surface area is 168 Å². The third-order valence-corrected chi connectivity index (χ3v) is 4.85. The third kappa shape index (κ3) is 6.03. The molecule has 29 heavy (non-hydrogen) atoms. The predicted molar refractivity (Wildman–Crippen MR) is 104 cm³/mol. The van der Waals surface area contributed by atoms with Gasteiger partial charge in [0.15, 0.2) is 0 Å². The fraction of sp³-hybridized carbons (Fsp3) is 0.200. The Morgan fingerprint density at radius 3 is 2.41 bits per heavy atom. The van der Waals surface area contributed by atoms with Crippen LogP contribution in [0.4, 0.5) is 13.2 Å². The normalized spacial score (nSPS) is 11.4. The summed E-state index contributed by atoms with van der Waals surface area (Å²) in [6, 6.07) is 13.5. The van der Waals surface area contributed by atoms with Gasteiger partial charge in [0, 0.05) is 6.54 Å². The van der Waals surface area contributed by atoms with Crippen LogP contribution in [-0.2, 0) is 17.9 Å². The van der Waals surface area contributed by atoms with Crippen LogP contribution in [0.5, 0.6) is 0 Å². The highest BCUT2D eigenvalue weighted by molar-refractivity contribution is 7.13. The standard InChI is InChI=1S/C20H17F3N2O3S/c21-20(22,23)12-28-11-14-5-3-13(4-6-14)10-24-18(26)15-7-8-16(25-19(15)27)17-2-1-9-29-17/h1-9H,10-12H2,(H,24,26)(H,25,27). The zero-order chi connectivity index (χ0) is 20.9. The van der Waals surface area contributed by atoms with E-state index >= 15 is 0 Å². The molecule has 2 heterocycles. The molecule has 9 heteroatoms. The van der Waals surface area contributed by atoms with Crippen LogP contribution in [0.3, 0.4) is 0 Å². The molecule has 0 fully saturated rings. The highest BCUT2D eigenvalue weighted by Gasteiger charge is 2.27. The van der Waals surface area contributed by atoms with Gasteiger partial charge in [0.25, 0.3) is 11.5 Å². The Morgan fingerprint density at radius 2 is 1.79 bits per heavy atom. The second-order valence-electron chi connectivity index (χ2n) is 6.20. The number of amides is 1. The van der Waals surface area contributed by atoms with Crippen molar-refractivity contribution >= 4 is 17.2 Å². The van der Waals surface area contributed by atoms with Crippen LogP contribution >= 0.6 is 11.3 Å². The maximum absolute atomic E-state index is 12.3. The number of hydrogen-bond acceptors (Lipinski definition) is 4. The summed E-state index contributed by atoms with van der Waals surface area (Å²) in [5.41, 5.74) is 1.49. The number of halogens is 3. The molecule has 3 aromatic rings. The van der Waals surface area contributed by atoms with E-state index in [1.165, 1.54) is 17.4 Å². The molecule has 3 rings (SSSR count). The fourth-order valence-corrected chi connectivity index (χ4v) is 3.25. The maximum Gasteiger partial charge on any atom is 0.411 e. The van der Waals surface area contributed by atoms with Crippen LogP contribution in [-0.4, -0.2) is 23.7 Å². The van der Waals surface area contributed by atoms with E-state index in [1.54, 1.807) is 30.3 Å². The van der Waals surface area contributed by atoms with Crippen LogP contribution < -0.4 is 10.9 Å². The summed E-state index contributed by atoms with van der Waals surface area (Å²) in [7, 11) is 0. The lowest BCUT2D eigenvalue weighted by Gasteiger charge is -2.09. The first-order valence-corrected chi connectivity index (χ1v) is 9.47. The van der Waals surface area contributed by atoms with E-state index in [0.717, 1.165) is 10.4 Å². The molecule has 2 aromatic heterocycles. The number of hydrogen-bond donors (Lipinski definition) is 2. The Kier molecular flexibility index (Phi) is 6.50. The van der Waals surface area contributed by atoms with Gasteiger partial charge in [0.1, 0.15) is 12.2 Å². The largest absolute Gasteiger partial charge is 0.411 e. The zero-order valence-corrected chi connectivity index (χ0v) is 15.9. The first-order chi connectivity index (χ1) is 13.8. The molecule has 152 valence electrons. The molecule has 0 aliphatic carbocycles. The van der Waals surface area contributed by atoms with E-state index < -0.39 is 24.2 Å². The molecule has 1 aromatic carbocycles. The monoisotopic (exact) mass is 422 g/mol. The van der Waals surface area contributed by atoms with Crippen LogP contribution in [0.2, 0.25) is 0 Å². The zero-order valence-electron chi connectivity index (χ0n) is 15.1. The Bertz CT molecular complexity index is 1010. The van der Waals surface area contributed by atoms with E-state index in [-0.39, 0.29) is 18.7 Å². The molecule has 0 aliphatic rings. The van der Waals surface area contributed by atoms with E-state index in [0.29, 0.717) is 11.3 Å². The molecule has 0 bridgehead atoms. The van der Waals surface area contributed by atoms with Crippen molar-refractivity contribution in [1.82, 2.24) is 10.3 Å². The summed E-state index contributed by atoms with van der Waals surface area (Å²) in [4.78, 5) is 28.1. The van der Waals surface area contributed by atoms with Crippen LogP contribution in [0.15, 0.2) is 58.7 Å². The minimum atomic E-state index is -4.36. The van der Waals surface area contributed by atoms with Gasteiger partial charge in [-0.15, -0.1) is 11.3 Å². The minimum Gasteiger partial charge on any atom is -0.367 e. The molecule has 0 saturated heterocycles. The smallest absolute Gasteiger partial charge is 0.367 e. The number of pyridine rings is 1. The van der Waals surface area contributed by atoms with Crippen LogP contribution in [0, 0.1) is 0 Å². The van der Waals surface area contributed by atoms with E-state index in [1.807, 2.05) is 17.5 Å². The number of aromatic nitrogens is 1. The Hall–Kier alpha value is -2.91. The van der Waals surface area contributed by atoms with Crippen molar-refractivity contribution in [2.45, 2.75) is 19.3 Å². The van der Waals surface area contributed by atoms with E-state index in [2.05, 4.69) is 15.0 Å². The van der Waals surface area contributed by atoms with Gasteiger partial charge in [0.05, 0.1) is 17.2 Å². The van der Waals surface area contributed by atoms with Gasteiger partial charge in [-0.3, -0.25) is 9.59 Å². The van der Waals surface area contributed by atoms with Gasteiger partial charge in [-0.2, -0.15) is 13.2 Å². The highest BCUT2D eigenvalue weighted by Crippen LogP contribution is 2.21. The third-order valence-electron chi connectivity index (χ3n) is 3.95. The van der Waals surface area contributed by atoms with Gasteiger partial charge in [-0.25, -0.2) is 0 Å². The molecular formula is C20H17F3N2O3S. The summed E-state index contributed by atoms with van der Waals surface area (Å²) in [5.74, 6) is -0.512. The molecule has 0 spiro atoms. The molecular weight excluding hydrogens is 405 g/mol. The van der Waals surface area contributed by atoms with Gasteiger partial charge >= 0.3 is 6.18 Å². The van der Waals surface area contributed by atoms with Crippen molar-refractivity contribution in [3.05, 3.63) is 81.0 Å². The molecule has 1 amide bonds. The number of carbonyl (C=O) groups is 1. The van der Waals surface area contributed by atoms with E-state index in [9.17, 15) is 22.8 Å². The number of ether oxygens (including phenoxy) is 1. The summed E-state index contributed by atoms with van der Waals surface area (Å²) >= 11 is 1.48. The van der Waals surface area contributed by atoms with Crippen molar-refractivity contribution in [3.63, 3.8) is 0 Å². The quantitative estimate of drug-likeness (QED) is 0.602. The fourth-order valence-electron chi connectivity index (χ4n) is 2.54. The number of rotatable bonds is 7. The average molecular weight is 422 g/mol. The maximum atomic E-state index is 12.3. The molecule has 0 unspecified atom stereocenters. The second kappa shape index (κ2) is 9.06. The molecule has 0 saturated carbocycles. The average Bonchev–Trinajstić information content (AvgIpc) is 3.21. The van der Waals surface area contributed by atoms with Crippen LogP contribution in [0.25, 0.3) is 10.6 Å². The SMILES string of the molecule is O=C(NCc1ccc(COCC(F)(F)F)cc1)c1ccc(-c2cccs2)[nH]c1=O. The lowest BCUT2D eigenvalue weighted by molar-refractivity contribution is -0.176. The predicted octanol–water partition coefficient (Wildman–Crippen LogP) is 4.11. The highest BCUT2D eigenvalue weighted by atomic mass is 32.1. The van der Waals surface area contributed by atoms with Crippen molar-refractivity contribution < 1.29 is 22.7 Å². The number of nitrogens with one attached hydrogen (secondary N) is 2. The number of carbonyl (C=O) groups excluding carboxylic acids is 1. The van der Waals surface area contributed by atoms with Gasteiger partial charge in [-0.05, 0) is 34.7 Å². The number of H-pyrrole nitrogens is 1. The van der Waals surface area contributed by atoms with Gasteiger partial charge in [-0.1, -0.05) is 30.3 Å². The summed E-state index contributed by atoms with van der Waals surface area (Å²) < 4.78 is 40.8. The van der Waals surface area contributed by atoms with Crippen molar-refractivity contribution in [3.8, 4) is 10.6 Å². The topological polar surface area (TPSA) is 71.2 Å². The lowest BCUT2D eigenvalue weighted by atomic mass is 10.1. The molecule has 0 atom stereocenters. The number of aromatic amines is 1. The summed E-state index contributed by atoms with van der Waals surface area (Å²) in [6.07, 6.45) is -4.36. The molecule has 2 N–H and O–H groups in total. The first-order valence-electron chi connectivity index (χ1n) is 8.59. The summed E-state index contributed by atoms with van der Waals surface area (Å²) in [6.45, 7) is -1.28. The van der Waals surface area contributed by atoms with Gasteiger partial charge in [0.2, 0.25) is 0 Å². The van der Waals surface area contributed by atoms with Crippen molar-refractivity contribution in [1.29, 1.82) is 0 Å². The molecule has 0 aliphatic heterocycles. The molecule has 5 nitrogen and oxygen atoms in total. The number of alkyl halides is 3. The van der Waals surface area contributed by atoms with Gasteiger partial charge < -0.3 is 15.0 Å². The lowest BCUT2D eigenvalue weighted by Crippen LogP contribution is -2.29. The Morgan fingerprint density at radius 1 is 1.07 bits per heavy atom. The minimum absolute atomic E-state index is 0.00229. The second-order valence-corrected chi connectivity index (χ2v) is 7.15. The summed E-state index contributed by atoms with van der Waals surface area (Å²) in [5, 5.41) is 4.55. The number of thiophene rings is 1. The van der Waals surface area contributed by atoms with Crippen molar-refractivity contribution in [2.75, 3.05) is 6.61 Å².